The Kier molecular flexibility index (Phi) is 6.68. The minimum Gasteiger partial charge on any atom is -0.353 e. The lowest BCUT2D eigenvalue weighted by atomic mass is 9.59. The Bertz CT molecular complexity index is 965. The third kappa shape index (κ3) is 4.22. The number of likely N-dealkylation sites (tertiary alicyclic amines) is 1. The number of sulfone groups is 1. The molecule has 3 aliphatic heterocycles. The highest BCUT2D eigenvalue weighted by Crippen LogP contribution is 2.56. The molecule has 4 atom stereocenters. The summed E-state index contributed by atoms with van der Waals surface area (Å²) in [5.74, 6) is -0.431. The lowest BCUT2D eigenvalue weighted by Gasteiger charge is -2.39. The predicted molar refractivity (Wildman–Crippen MR) is 122 cm³/mol. The number of amides is 2. The molecule has 4 fully saturated rings. The van der Waals surface area contributed by atoms with Gasteiger partial charge in [-0.1, -0.05) is 11.6 Å². The molecule has 5 rings (SSSR count). The number of carbonyl (C=O) groups excluding carboxylic acids is 2. The lowest BCUT2D eigenvalue weighted by molar-refractivity contribution is -0.139. The van der Waals surface area contributed by atoms with Crippen LogP contribution in [-0.2, 0) is 19.4 Å². The van der Waals surface area contributed by atoms with Crippen molar-refractivity contribution in [3.63, 3.8) is 0 Å². The third-order valence-electron chi connectivity index (χ3n) is 7.25. The van der Waals surface area contributed by atoms with Crippen molar-refractivity contribution in [1.82, 2.24) is 19.8 Å². The Morgan fingerprint density at radius 2 is 1.53 bits per heavy atom. The van der Waals surface area contributed by atoms with Gasteiger partial charge in [0.25, 0.3) is 0 Å². The maximum Gasteiger partial charge on any atom is 0.233 e. The van der Waals surface area contributed by atoms with Crippen molar-refractivity contribution in [3.8, 4) is 0 Å². The molecule has 4 heterocycles. The van der Waals surface area contributed by atoms with Gasteiger partial charge in [-0.2, -0.15) is 0 Å². The number of carbonyl (C=O) groups is 2. The molecule has 1 aromatic heterocycles. The zero-order valence-corrected chi connectivity index (χ0v) is 20.0. The number of anilines is 1. The minimum atomic E-state index is -3.09. The van der Waals surface area contributed by atoms with Crippen LogP contribution < -0.4 is 4.90 Å². The van der Waals surface area contributed by atoms with Crippen LogP contribution >= 0.6 is 24.0 Å². The summed E-state index contributed by atoms with van der Waals surface area (Å²) in [4.78, 5) is 39.7. The topological polar surface area (TPSA) is 104 Å². The summed E-state index contributed by atoms with van der Waals surface area (Å²) >= 11 is 5.92. The van der Waals surface area contributed by atoms with E-state index in [1.165, 1.54) is 11.1 Å². The molecule has 0 spiro atoms. The fourth-order valence-corrected chi connectivity index (χ4v) is 8.04. The van der Waals surface area contributed by atoms with Gasteiger partial charge in [0.05, 0.1) is 35.7 Å². The van der Waals surface area contributed by atoms with E-state index in [0.29, 0.717) is 11.7 Å². The van der Waals surface area contributed by atoms with Gasteiger partial charge in [-0.25, -0.2) is 13.4 Å². The second-order valence-corrected chi connectivity index (χ2v) is 11.6. The highest BCUT2D eigenvalue weighted by Gasteiger charge is 2.67. The van der Waals surface area contributed by atoms with Crippen molar-refractivity contribution >= 4 is 51.5 Å². The van der Waals surface area contributed by atoms with E-state index in [9.17, 15) is 18.0 Å². The van der Waals surface area contributed by atoms with Crippen LogP contribution in [0.3, 0.4) is 0 Å². The summed E-state index contributed by atoms with van der Waals surface area (Å²) in [6.45, 7) is 4.90. The highest BCUT2D eigenvalue weighted by molar-refractivity contribution is 7.91. The quantitative estimate of drug-likeness (QED) is 0.413. The van der Waals surface area contributed by atoms with Gasteiger partial charge in [0.15, 0.2) is 9.84 Å². The molecule has 0 aromatic carbocycles. The van der Waals surface area contributed by atoms with Gasteiger partial charge in [0.1, 0.15) is 11.0 Å². The average molecular weight is 504 g/mol. The maximum atomic E-state index is 12.7. The number of imide groups is 1. The molecule has 32 heavy (non-hydrogen) atoms. The molecule has 1 saturated carbocycles. The maximum absolute atomic E-state index is 12.7. The first kappa shape index (κ1) is 23.7. The Morgan fingerprint density at radius 3 is 2.12 bits per heavy atom. The Balaban J connectivity index is 0.00000245. The van der Waals surface area contributed by atoms with E-state index < -0.39 is 21.7 Å². The summed E-state index contributed by atoms with van der Waals surface area (Å²) in [6.07, 6.45) is 4.92. The lowest BCUT2D eigenvalue weighted by Crippen LogP contribution is -2.47. The Hall–Kier alpha value is -1.49. The normalized spacial score (nSPS) is 31.2. The standard InChI is InChI=1S/C20H26ClN5O4S.ClH/c21-15-9-22-10-16(23-15)25-7-5-24(6-8-25)3-1-2-4-26-19(27)17-13-11-31(29,30)12-14(13)18(17)20(26)28;/h9-10,13-14,17-18H,1-8,11-12H2;1H. The molecule has 1 aromatic rings. The number of unbranched alkanes of at least 4 members (excludes halogenated alkanes) is 1. The molecule has 0 N–H and O–H groups in total. The van der Waals surface area contributed by atoms with E-state index >= 15 is 0 Å². The first-order valence-electron chi connectivity index (χ1n) is 10.8. The molecule has 12 heteroatoms. The predicted octanol–water partition coefficient (Wildman–Crippen LogP) is 0.730. The van der Waals surface area contributed by atoms with Crippen molar-refractivity contribution < 1.29 is 18.0 Å². The van der Waals surface area contributed by atoms with E-state index in [0.717, 1.165) is 51.4 Å². The molecule has 2 amide bonds. The number of piperazine rings is 1. The summed E-state index contributed by atoms with van der Waals surface area (Å²) in [6, 6.07) is 0. The molecule has 3 saturated heterocycles. The molecule has 0 radical (unpaired) electrons. The van der Waals surface area contributed by atoms with Gasteiger partial charge >= 0.3 is 0 Å². The van der Waals surface area contributed by atoms with Gasteiger partial charge in [0.2, 0.25) is 11.8 Å². The van der Waals surface area contributed by atoms with Crippen LogP contribution in [0.1, 0.15) is 12.8 Å². The van der Waals surface area contributed by atoms with E-state index in [1.54, 1.807) is 6.20 Å². The zero-order valence-electron chi connectivity index (χ0n) is 17.6. The molecule has 1 aliphatic carbocycles. The van der Waals surface area contributed by atoms with E-state index in [2.05, 4.69) is 19.8 Å². The summed E-state index contributed by atoms with van der Waals surface area (Å²) in [7, 11) is -3.09. The first-order chi connectivity index (χ1) is 14.8. The second-order valence-electron chi connectivity index (χ2n) is 9.02. The van der Waals surface area contributed by atoms with Crippen LogP contribution in [0.5, 0.6) is 0 Å². The van der Waals surface area contributed by atoms with Gasteiger partial charge in [0, 0.05) is 32.7 Å². The number of nitrogens with zero attached hydrogens (tertiary/aromatic N) is 5. The van der Waals surface area contributed by atoms with Crippen LogP contribution in [0.2, 0.25) is 5.15 Å². The average Bonchev–Trinajstić information content (AvgIpc) is 3.11. The molecule has 4 aliphatic rings. The molecular formula is C20H27Cl2N5O4S. The van der Waals surface area contributed by atoms with E-state index in [-0.39, 0.29) is 47.6 Å². The molecule has 9 nitrogen and oxygen atoms in total. The van der Waals surface area contributed by atoms with Crippen LogP contribution in [0.15, 0.2) is 12.4 Å². The van der Waals surface area contributed by atoms with Crippen molar-refractivity contribution in [2.45, 2.75) is 12.8 Å². The fraction of sp³-hybridized carbons (Fsp3) is 0.700. The van der Waals surface area contributed by atoms with Gasteiger partial charge in [-0.15, -0.1) is 12.4 Å². The van der Waals surface area contributed by atoms with Gasteiger partial charge in [-0.05, 0) is 31.2 Å². The van der Waals surface area contributed by atoms with Crippen molar-refractivity contribution in [1.29, 1.82) is 0 Å². The third-order valence-corrected chi connectivity index (χ3v) is 9.22. The van der Waals surface area contributed by atoms with E-state index in [1.807, 2.05) is 0 Å². The summed E-state index contributed by atoms with van der Waals surface area (Å²) in [5, 5.41) is 0.393. The van der Waals surface area contributed by atoms with Crippen molar-refractivity contribution in [2.24, 2.45) is 23.7 Å². The molecule has 0 bridgehead atoms. The van der Waals surface area contributed by atoms with Crippen molar-refractivity contribution in [3.05, 3.63) is 17.5 Å². The SMILES string of the molecule is Cl.O=C1C2C3CS(=O)(=O)CC3C2C(=O)N1CCCCN1CCN(c2cncc(Cl)n2)CC1. The van der Waals surface area contributed by atoms with Gasteiger partial charge in [-0.3, -0.25) is 24.4 Å². The fourth-order valence-electron chi connectivity index (χ4n) is 5.68. The first-order valence-corrected chi connectivity index (χ1v) is 13.0. The van der Waals surface area contributed by atoms with Crippen LogP contribution in [0.25, 0.3) is 0 Å². The minimum absolute atomic E-state index is 0. The number of hydrogen-bond acceptors (Lipinski definition) is 8. The summed E-state index contributed by atoms with van der Waals surface area (Å²) < 4.78 is 23.7. The monoisotopic (exact) mass is 503 g/mol. The summed E-state index contributed by atoms with van der Waals surface area (Å²) in [5.41, 5.74) is 0. The molecule has 176 valence electrons. The van der Waals surface area contributed by atoms with Gasteiger partial charge < -0.3 is 4.90 Å². The number of fused-ring (bicyclic) bond motifs is 4. The van der Waals surface area contributed by atoms with Crippen LogP contribution in [-0.4, -0.2) is 90.8 Å². The Morgan fingerprint density at radius 1 is 0.938 bits per heavy atom. The molecule has 4 unspecified atom stereocenters. The van der Waals surface area contributed by atoms with Crippen LogP contribution in [0, 0.1) is 23.7 Å². The number of hydrogen-bond donors (Lipinski definition) is 0. The smallest absolute Gasteiger partial charge is 0.233 e. The number of aromatic nitrogens is 2. The second kappa shape index (κ2) is 9.04. The van der Waals surface area contributed by atoms with E-state index in [4.69, 9.17) is 11.6 Å². The zero-order chi connectivity index (χ0) is 21.8. The van der Waals surface area contributed by atoms with Crippen molar-refractivity contribution in [2.75, 3.05) is 55.7 Å². The van der Waals surface area contributed by atoms with Crippen LogP contribution in [0.4, 0.5) is 5.82 Å². The Labute approximate surface area is 198 Å². The largest absolute Gasteiger partial charge is 0.353 e. The number of rotatable bonds is 6. The highest BCUT2D eigenvalue weighted by atomic mass is 35.5. The molecular weight excluding hydrogens is 477 g/mol. The number of halogens is 2.